The molecule has 0 bridgehead atoms. The van der Waals surface area contributed by atoms with Crippen LogP contribution in [0, 0.1) is 0 Å². The van der Waals surface area contributed by atoms with Crippen molar-refractivity contribution in [1.82, 2.24) is 0 Å². The van der Waals surface area contributed by atoms with Gasteiger partial charge in [-0.3, -0.25) is 0 Å². The largest absolute Gasteiger partial charge is 0.348 e. The Balaban J connectivity index is 3.16. The molecular formula is C8H11ClO4S. The van der Waals surface area contributed by atoms with Crippen LogP contribution in [0.2, 0.25) is 0 Å². The van der Waals surface area contributed by atoms with Crippen molar-refractivity contribution in [2.45, 2.75) is 11.0 Å². The van der Waals surface area contributed by atoms with Gasteiger partial charge in [0.25, 0.3) is 0 Å². The molecule has 0 aliphatic heterocycles. The molecule has 0 aromatic heterocycles. The molecule has 0 spiro atoms. The molecule has 0 saturated heterocycles. The standard InChI is InChI=1S/C8H11ClO4S/c1-12-8(13-2)6-4-3-5-7(8)14(9,10)11/h3-7H,1-2H3. The zero-order valence-corrected chi connectivity index (χ0v) is 9.38. The summed E-state index contributed by atoms with van der Waals surface area (Å²) in [5, 5.41) is -1.03. The number of ether oxygens (including phenoxy) is 2. The highest BCUT2D eigenvalue weighted by molar-refractivity contribution is 8.14. The fraction of sp³-hybridized carbons (Fsp3) is 0.500. The molecular weight excluding hydrogens is 228 g/mol. The number of allylic oxidation sites excluding steroid dienone is 2. The summed E-state index contributed by atoms with van der Waals surface area (Å²) in [5.41, 5.74) is 0. The van der Waals surface area contributed by atoms with E-state index in [9.17, 15) is 8.42 Å². The molecule has 0 amide bonds. The third-order valence-electron chi connectivity index (χ3n) is 2.06. The first-order chi connectivity index (χ1) is 6.46. The number of hydrogen-bond acceptors (Lipinski definition) is 4. The van der Waals surface area contributed by atoms with Gasteiger partial charge in [-0.15, -0.1) is 0 Å². The molecule has 0 N–H and O–H groups in total. The third kappa shape index (κ3) is 2.00. The molecule has 0 fully saturated rings. The fourth-order valence-corrected chi connectivity index (χ4v) is 2.82. The molecule has 1 rings (SSSR count). The van der Waals surface area contributed by atoms with Crippen LogP contribution in [0.4, 0.5) is 0 Å². The fourth-order valence-electron chi connectivity index (χ4n) is 1.33. The Morgan fingerprint density at radius 2 is 1.86 bits per heavy atom. The Hall–Kier alpha value is -0.360. The first-order valence-electron chi connectivity index (χ1n) is 3.86. The van der Waals surface area contributed by atoms with Crippen LogP contribution >= 0.6 is 10.7 Å². The molecule has 6 heteroatoms. The quantitative estimate of drug-likeness (QED) is 0.545. The molecule has 1 atom stereocenters. The van der Waals surface area contributed by atoms with Crippen LogP contribution in [0.25, 0.3) is 0 Å². The van der Waals surface area contributed by atoms with Crippen molar-refractivity contribution in [3.8, 4) is 0 Å². The summed E-state index contributed by atoms with van der Waals surface area (Å²) in [4.78, 5) is 0. The van der Waals surface area contributed by atoms with E-state index in [-0.39, 0.29) is 0 Å². The lowest BCUT2D eigenvalue weighted by Gasteiger charge is -2.33. The minimum Gasteiger partial charge on any atom is -0.348 e. The molecule has 1 unspecified atom stereocenters. The van der Waals surface area contributed by atoms with Gasteiger partial charge in [-0.25, -0.2) is 8.42 Å². The maximum Gasteiger partial charge on any atom is 0.244 e. The summed E-state index contributed by atoms with van der Waals surface area (Å²) in [5.74, 6) is -1.32. The van der Waals surface area contributed by atoms with E-state index in [0.717, 1.165) is 0 Å². The first-order valence-corrected chi connectivity index (χ1v) is 6.23. The molecule has 4 nitrogen and oxygen atoms in total. The van der Waals surface area contributed by atoms with E-state index < -0.39 is 20.1 Å². The molecule has 0 aromatic rings. The van der Waals surface area contributed by atoms with Gasteiger partial charge in [-0.2, -0.15) is 0 Å². The van der Waals surface area contributed by atoms with Crippen molar-refractivity contribution in [3.05, 3.63) is 24.3 Å². The van der Waals surface area contributed by atoms with Crippen LogP contribution < -0.4 is 0 Å². The molecule has 80 valence electrons. The van der Waals surface area contributed by atoms with Crippen LogP contribution in [0.1, 0.15) is 0 Å². The highest BCUT2D eigenvalue weighted by Gasteiger charge is 2.44. The highest BCUT2D eigenvalue weighted by atomic mass is 35.7. The van der Waals surface area contributed by atoms with Crippen molar-refractivity contribution in [2.24, 2.45) is 0 Å². The lowest BCUT2D eigenvalue weighted by molar-refractivity contribution is -0.164. The van der Waals surface area contributed by atoms with Gasteiger partial charge >= 0.3 is 0 Å². The second-order valence-corrected chi connectivity index (χ2v) is 5.52. The van der Waals surface area contributed by atoms with Crippen LogP contribution in [0.3, 0.4) is 0 Å². The van der Waals surface area contributed by atoms with E-state index in [1.165, 1.54) is 26.4 Å². The number of rotatable bonds is 3. The van der Waals surface area contributed by atoms with Crippen molar-refractivity contribution < 1.29 is 17.9 Å². The van der Waals surface area contributed by atoms with E-state index in [0.29, 0.717) is 0 Å². The Morgan fingerprint density at radius 1 is 1.29 bits per heavy atom. The van der Waals surface area contributed by atoms with Crippen molar-refractivity contribution in [2.75, 3.05) is 14.2 Å². The Morgan fingerprint density at radius 3 is 2.21 bits per heavy atom. The number of methoxy groups -OCH3 is 2. The van der Waals surface area contributed by atoms with Crippen molar-refractivity contribution >= 4 is 19.7 Å². The summed E-state index contributed by atoms with van der Waals surface area (Å²) >= 11 is 0. The van der Waals surface area contributed by atoms with Crippen molar-refractivity contribution in [3.63, 3.8) is 0 Å². The summed E-state index contributed by atoms with van der Waals surface area (Å²) in [6.45, 7) is 0. The van der Waals surface area contributed by atoms with E-state index in [1.54, 1.807) is 12.2 Å². The molecule has 1 aliphatic rings. The second-order valence-electron chi connectivity index (χ2n) is 2.77. The maximum absolute atomic E-state index is 11.2. The number of hydrogen-bond donors (Lipinski definition) is 0. The Kier molecular flexibility index (Phi) is 3.36. The normalized spacial score (nSPS) is 25.2. The molecule has 0 radical (unpaired) electrons. The predicted molar refractivity (Wildman–Crippen MR) is 53.6 cm³/mol. The summed E-state index contributed by atoms with van der Waals surface area (Å²) in [7, 11) is 4.23. The molecule has 0 aromatic carbocycles. The minimum atomic E-state index is -3.77. The van der Waals surface area contributed by atoms with Gasteiger partial charge < -0.3 is 9.47 Å². The Labute approximate surface area is 87.6 Å². The van der Waals surface area contributed by atoms with Gasteiger partial charge in [-0.05, 0) is 6.08 Å². The molecule has 14 heavy (non-hydrogen) atoms. The smallest absolute Gasteiger partial charge is 0.244 e. The third-order valence-corrected chi connectivity index (χ3v) is 3.73. The SMILES string of the molecule is COC1(OC)C=CC=CC1S(=O)(=O)Cl. The lowest BCUT2D eigenvalue weighted by atomic mass is 10.1. The van der Waals surface area contributed by atoms with E-state index in [2.05, 4.69) is 0 Å². The van der Waals surface area contributed by atoms with Gasteiger partial charge in [0.2, 0.25) is 14.8 Å². The topological polar surface area (TPSA) is 52.6 Å². The average Bonchev–Trinajstić information content (AvgIpc) is 2.16. The molecule has 1 aliphatic carbocycles. The van der Waals surface area contributed by atoms with Crippen LogP contribution in [-0.4, -0.2) is 33.7 Å². The summed E-state index contributed by atoms with van der Waals surface area (Å²) < 4.78 is 32.6. The monoisotopic (exact) mass is 238 g/mol. The molecule has 0 saturated carbocycles. The van der Waals surface area contributed by atoms with Gasteiger partial charge in [0.1, 0.15) is 0 Å². The van der Waals surface area contributed by atoms with E-state index >= 15 is 0 Å². The zero-order chi connectivity index (χ0) is 10.8. The van der Waals surface area contributed by atoms with E-state index in [4.69, 9.17) is 20.2 Å². The number of halogens is 1. The van der Waals surface area contributed by atoms with Gasteiger partial charge in [0.05, 0.1) is 0 Å². The first kappa shape index (κ1) is 11.7. The van der Waals surface area contributed by atoms with Crippen LogP contribution in [0.5, 0.6) is 0 Å². The van der Waals surface area contributed by atoms with E-state index in [1.807, 2.05) is 0 Å². The van der Waals surface area contributed by atoms with Gasteiger partial charge in [0.15, 0.2) is 5.25 Å². The summed E-state index contributed by atoms with van der Waals surface area (Å²) in [6.07, 6.45) is 6.17. The minimum absolute atomic E-state index is 1.03. The summed E-state index contributed by atoms with van der Waals surface area (Å²) in [6, 6.07) is 0. The van der Waals surface area contributed by atoms with Gasteiger partial charge in [-0.1, -0.05) is 18.2 Å². The van der Waals surface area contributed by atoms with Crippen LogP contribution in [-0.2, 0) is 18.5 Å². The van der Waals surface area contributed by atoms with Crippen molar-refractivity contribution in [1.29, 1.82) is 0 Å². The lowest BCUT2D eigenvalue weighted by Crippen LogP contribution is -2.47. The van der Waals surface area contributed by atoms with Gasteiger partial charge in [0, 0.05) is 24.9 Å². The zero-order valence-electron chi connectivity index (χ0n) is 7.81. The average molecular weight is 239 g/mol. The van der Waals surface area contributed by atoms with Crippen LogP contribution in [0.15, 0.2) is 24.3 Å². The Bertz CT molecular complexity index is 354. The highest BCUT2D eigenvalue weighted by Crippen LogP contribution is 2.30. The second kappa shape index (κ2) is 4.02. The predicted octanol–water partition coefficient (Wildman–Crippen LogP) is 1.04. The maximum atomic E-state index is 11.2. The molecule has 0 heterocycles.